The van der Waals surface area contributed by atoms with E-state index in [1.54, 1.807) is 6.07 Å². The number of nitrogens with zero attached hydrogens (tertiary/aromatic N) is 1. The summed E-state index contributed by atoms with van der Waals surface area (Å²) >= 11 is 6.01. The molecule has 0 radical (unpaired) electrons. The summed E-state index contributed by atoms with van der Waals surface area (Å²) < 4.78 is 11.3. The normalized spacial score (nSPS) is 22.1. The highest BCUT2D eigenvalue weighted by Crippen LogP contribution is 2.36. The highest BCUT2D eigenvalue weighted by Gasteiger charge is 2.33. The van der Waals surface area contributed by atoms with Crippen molar-refractivity contribution >= 4 is 23.5 Å². The number of hydrogen-bond acceptors (Lipinski definition) is 5. The van der Waals surface area contributed by atoms with E-state index in [4.69, 9.17) is 21.1 Å². The number of amides is 1. The number of alkyl carbamates (subject to hydrolysis) is 1. The van der Waals surface area contributed by atoms with Crippen LogP contribution in [0.2, 0.25) is 5.15 Å². The summed E-state index contributed by atoms with van der Waals surface area (Å²) in [6.45, 7) is 6.78. The van der Waals surface area contributed by atoms with Gasteiger partial charge in [-0.1, -0.05) is 11.6 Å². The van der Waals surface area contributed by atoms with Crippen LogP contribution in [0.15, 0.2) is 12.3 Å². The molecule has 2 saturated carbocycles. The second kappa shape index (κ2) is 9.33. The third-order valence-electron chi connectivity index (χ3n) is 5.42. The number of hydrogen-bond donors (Lipinski definition) is 1. The fourth-order valence-electron chi connectivity index (χ4n) is 3.63. The maximum atomic E-state index is 12.4. The van der Waals surface area contributed by atoms with Crippen LogP contribution in [0.4, 0.5) is 4.79 Å². The van der Waals surface area contributed by atoms with E-state index in [0.717, 1.165) is 38.5 Å². The Morgan fingerprint density at radius 1 is 1.14 bits per heavy atom. The summed E-state index contributed by atoms with van der Waals surface area (Å²) in [5.74, 6) is 1.68. The second-order valence-electron chi connectivity index (χ2n) is 9.22. The Morgan fingerprint density at radius 3 is 2.41 bits per heavy atom. The van der Waals surface area contributed by atoms with Crippen molar-refractivity contribution in [2.45, 2.75) is 64.9 Å². The topological polar surface area (TPSA) is 77.5 Å². The molecular formula is C22H31ClN2O4. The minimum absolute atomic E-state index is 0.112. The molecule has 1 N–H and O–H groups in total. The number of aromatic nitrogens is 1. The van der Waals surface area contributed by atoms with Gasteiger partial charge in [0.15, 0.2) is 5.78 Å². The average Bonchev–Trinajstić information content (AvgIpc) is 3.49. The van der Waals surface area contributed by atoms with Gasteiger partial charge in [0.2, 0.25) is 0 Å². The van der Waals surface area contributed by atoms with Gasteiger partial charge in [-0.05, 0) is 71.1 Å². The minimum atomic E-state index is -0.477. The number of nitrogens with one attached hydrogen (secondary N) is 1. The first-order chi connectivity index (χ1) is 13.7. The van der Waals surface area contributed by atoms with Crippen molar-refractivity contribution in [3.8, 4) is 5.75 Å². The van der Waals surface area contributed by atoms with Gasteiger partial charge in [-0.3, -0.25) is 4.79 Å². The first kappa shape index (κ1) is 21.9. The zero-order chi connectivity index (χ0) is 21.0. The van der Waals surface area contributed by atoms with Crippen molar-refractivity contribution < 1.29 is 19.1 Å². The number of Topliss-reactive ketones (excluding diaryl/α,β-unsaturated/α-hetero) is 1. The number of carbonyl (C=O) groups excluding carboxylic acids is 2. The average molecular weight is 423 g/mol. The Morgan fingerprint density at radius 2 is 1.79 bits per heavy atom. The Labute approximate surface area is 177 Å². The van der Waals surface area contributed by atoms with Crippen molar-refractivity contribution in [3.63, 3.8) is 0 Å². The number of pyridine rings is 1. The first-order valence-corrected chi connectivity index (χ1v) is 10.9. The molecule has 7 heteroatoms. The zero-order valence-corrected chi connectivity index (χ0v) is 18.3. The molecule has 0 saturated heterocycles. The fourth-order valence-corrected chi connectivity index (χ4v) is 3.78. The standard InChI is InChI=1S/C22H31ClN2O4/c1-22(2,3)29-21(27)25-11-14-4-6-15(7-5-14)13-28-18-10-19(23)24-12-17(18)20(26)16-8-9-16/h10,12,14-16H,4-9,11,13H2,1-3H3,(H,25,27). The van der Waals surface area contributed by atoms with E-state index < -0.39 is 5.60 Å². The Kier molecular flexibility index (Phi) is 7.04. The summed E-state index contributed by atoms with van der Waals surface area (Å²) in [6, 6.07) is 1.65. The van der Waals surface area contributed by atoms with Gasteiger partial charge in [0.05, 0.1) is 12.2 Å². The molecule has 3 rings (SSSR count). The lowest BCUT2D eigenvalue weighted by Crippen LogP contribution is -2.36. The highest BCUT2D eigenvalue weighted by atomic mass is 35.5. The van der Waals surface area contributed by atoms with Gasteiger partial charge in [-0.15, -0.1) is 0 Å². The molecule has 1 aromatic rings. The van der Waals surface area contributed by atoms with Crippen LogP contribution in [-0.2, 0) is 4.74 Å². The summed E-state index contributed by atoms with van der Waals surface area (Å²) in [6.07, 6.45) is 7.22. The second-order valence-corrected chi connectivity index (χ2v) is 9.61. The summed E-state index contributed by atoms with van der Waals surface area (Å²) in [4.78, 5) is 28.3. The maximum absolute atomic E-state index is 12.4. The monoisotopic (exact) mass is 422 g/mol. The van der Waals surface area contributed by atoms with Crippen molar-refractivity contribution in [1.82, 2.24) is 10.3 Å². The van der Waals surface area contributed by atoms with E-state index in [1.165, 1.54) is 6.20 Å². The summed E-state index contributed by atoms with van der Waals surface area (Å²) in [7, 11) is 0. The lowest BCUT2D eigenvalue weighted by molar-refractivity contribution is 0.0511. The molecule has 1 aromatic heterocycles. The largest absolute Gasteiger partial charge is 0.492 e. The van der Waals surface area contributed by atoms with Crippen LogP contribution >= 0.6 is 11.6 Å². The zero-order valence-electron chi connectivity index (χ0n) is 17.5. The molecule has 160 valence electrons. The third kappa shape index (κ3) is 6.88. The predicted molar refractivity (Wildman–Crippen MR) is 111 cm³/mol. The van der Waals surface area contributed by atoms with Crippen LogP contribution in [0.1, 0.15) is 69.7 Å². The molecule has 0 unspecified atom stereocenters. The molecule has 1 amide bonds. The number of rotatable bonds is 7. The maximum Gasteiger partial charge on any atom is 0.407 e. The molecule has 2 aliphatic carbocycles. The summed E-state index contributed by atoms with van der Waals surface area (Å²) in [5.41, 5.74) is 0.0708. The number of ketones is 1. The van der Waals surface area contributed by atoms with Gasteiger partial charge in [-0.25, -0.2) is 9.78 Å². The summed E-state index contributed by atoms with van der Waals surface area (Å²) in [5, 5.41) is 3.21. The van der Waals surface area contributed by atoms with Crippen LogP contribution in [0.5, 0.6) is 5.75 Å². The van der Waals surface area contributed by atoms with Crippen molar-refractivity contribution in [1.29, 1.82) is 0 Å². The van der Waals surface area contributed by atoms with E-state index in [0.29, 0.717) is 41.5 Å². The van der Waals surface area contributed by atoms with Crippen LogP contribution in [0, 0.1) is 17.8 Å². The lowest BCUT2D eigenvalue weighted by atomic mass is 9.82. The number of carbonyl (C=O) groups is 2. The van der Waals surface area contributed by atoms with E-state index in [9.17, 15) is 9.59 Å². The molecule has 6 nitrogen and oxygen atoms in total. The Hall–Kier alpha value is -1.82. The van der Waals surface area contributed by atoms with Gasteiger partial charge in [-0.2, -0.15) is 0 Å². The van der Waals surface area contributed by atoms with Gasteiger partial charge in [0.25, 0.3) is 0 Å². The Bertz CT molecular complexity index is 735. The molecule has 2 aliphatic rings. The van der Waals surface area contributed by atoms with E-state index in [1.807, 2.05) is 20.8 Å². The smallest absolute Gasteiger partial charge is 0.407 e. The Balaban J connectivity index is 1.43. The first-order valence-electron chi connectivity index (χ1n) is 10.5. The molecule has 1 heterocycles. The van der Waals surface area contributed by atoms with Gasteiger partial charge in [0, 0.05) is 24.7 Å². The van der Waals surface area contributed by atoms with Crippen molar-refractivity contribution in [2.24, 2.45) is 17.8 Å². The molecule has 0 aromatic carbocycles. The molecule has 0 bridgehead atoms. The minimum Gasteiger partial charge on any atom is -0.492 e. The highest BCUT2D eigenvalue weighted by molar-refractivity contribution is 6.29. The van der Waals surface area contributed by atoms with Crippen LogP contribution in [0.3, 0.4) is 0 Å². The number of ether oxygens (including phenoxy) is 2. The molecule has 2 fully saturated rings. The quantitative estimate of drug-likeness (QED) is 0.492. The van der Waals surface area contributed by atoms with E-state index in [2.05, 4.69) is 10.3 Å². The van der Waals surface area contributed by atoms with Crippen LogP contribution < -0.4 is 10.1 Å². The van der Waals surface area contributed by atoms with Gasteiger partial charge >= 0.3 is 6.09 Å². The van der Waals surface area contributed by atoms with Crippen molar-refractivity contribution in [3.05, 3.63) is 23.0 Å². The SMILES string of the molecule is CC(C)(C)OC(=O)NCC1CCC(COc2cc(Cl)ncc2C(=O)C2CC2)CC1. The number of halogens is 1. The van der Waals surface area contributed by atoms with Crippen molar-refractivity contribution in [2.75, 3.05) is 13.2 Å². The van der Waals surface area contributed by atoms with Gasteiger partial charge in [0.1, 0.15) is 16.5 Å². The molecule has 0 spiro atoms. The molecular weight excluding hydrogens is 392 g/mol. The van der Waals surface area contributed by atoms with Crippen LogP contribution in [-0.4, -0.2) is 35.6 Å². The molecule has 29 heavy (non-hydrogen) atoms. The fraction of sp³-hybridized carbons (Fsp3) is 0.682. The van der Waals surface area contributed by atoms with E-state index in [-0.39, 0.29) is 17.8 Å². The lowest BCUT2D eigenvalue weighted by Gasteiger charge is -2.29. The van der Waals surface area contributed by atoms with E-state index >= 15 is 0 Å². The van der Waals surface area contributed by atoms with Crippen LogP contribution in [0.25, 0.3) is 0 Å². The molecule has 0 aliphatic heterocycles. The van der Waals surface area contributed by atoms with Gasteiger partial charge < -0.3 is 14.8 Å². The third-order valence-corrected chi connectivity index (χ3v) is 5.63. The molecule has 0 atom stereocenters. The predicted octanol–water partition coefficient (Wildman–Crippen LogP) is 5.04.